The molecule has 0 aliphatic carbocycles. The van der Waals surface area contributed by atoms with Crippen molar-refractivity contribution in [2.75, 3.05) is 0 Å². The van der Waals surface area contributed by atoms with E-state index < -0.39 is 30.5 Å². The van der Waals surface area contributed by atoms with E-state index in [1.54, 1.807) is 0 Å². The Balaban J connectivity index is 3.15. The molecule has 0 amide bonds. The van der Waals surface area contributed by atoms with Gasteiger partial charge in [-0.1, -0.05) is 4.13 Å². The van der Waals surface area contributed by atoms with Crippen LogP contribution in [0.25, 0.3) is 0 Å². The molecule has 0 atom stereocenters. The highest BCUT2D eigenvalue weighted by molar-refractivity contribution is 8.05. The number of nitrogens with one attached hydrogen (secondary N) is 1. The number of rotatable bonds is 3. The zero-order valence-electron chi connectivity index (χ0n) is 8.34. The lowest BCUT2D eigenvalue weighted by Gasteiger charge is -2.10. The van der Waals surface area contributed by atoms with Crippen LogP contribution in [0, 0.1) is 0 Å². The summed E-state index contributed by atoms with van der Waals surface area (Å²) < 4.78 is 80.5. The summed E-state index contributed by atoms with van der Waals surface area (Å²) in [5.41, 5.74) is -5.74. The highest BCUT2D eigenvalue weighted by Gasteiger charge is 2.48. The Morgan fingerprint density at radius 2 is 1.44 bits per heavy atom. The monoisotopic (exact) mass is 305 g/mol. The molecule has 0 heterocycles. The van der Waals surface area contributed by atoms with Crippen molar-refractivity contribution in [1.82, 2.24) is 4.13 Å². The largest absolute Gasteiger partial charge is 0.512 e. The number of benzene rings is 1. The number of hydrogen-bond acceptors (Lipinski definition) is 5. The van der Waals surface area contributed by atoms with Gasteiger partial charge >= 0.3 is 15.5 Å². The second-order valence-corrected chi connectivity index (χ2v) is 6.64. The lowest BCUT2D eigenvalue weighted by atomic mass is 10.3. The molecule has 0 aliphatic rings. The molecule has 0 unspecified atom stereocenters. The number of phenolic OH excluding ortho intramolecular Hbond substituents is 1. The third kappa shape index (κ3) is 3.11. The van der Waals surface area contributed by atoms with Crippen LogP contribution in [0.3, 0.4) is 0 Å². The second kappa shape index (κ2) is 4.40. The van der Waals surface area contributed by atoms with Gasteiger partial charge in [-0.3, -0.25) is 0 Å². The summed E-state index contributed by atoms with van der Waals surface area (Å²) in [6.45, 7) is 0. The Bertz CT molecular complexity index is 633. The van der Waals surface area contributed by atoms with Gasteiger partial charge in [-0.25, -0.2) is 16.8 Å². The fraction of sp³-hybridized carbons (Fsp3) is 0.143. The molecule has 0 radical (unpaired) electrons. The van der Waals surface area contributed by atoms with Crippen LogP contribution < -0.4 is 4.13 Å². The number of halogens is 3. The lowest BCUT2D eigenvalue weighted by Crippen LogP contribution is -2.40. The SMILES string of the molecule is O=S(=O)(NS(=O)(=O)C(F)(F)F)c1ccc(O)cc1. The highest BCUT2D eigenvalue weighted by atomic mass is 32.3. The molecule has 1 aromatic rings. The molecule has 0 bridgehead atoms. The Labute approximate surface area is 100 Å². The molecule has 0 aromatic heterocycles. The van der Waals surface area contributed by atoms with Gasteiger partial charge in [0.2, 0.25) is 0 Å². The molecule has 2 N–H and O–H groups in total. The Hall–Kier alpha value is -1.33. The van der Waals surface area contributed by atoms with E-state index in [0.29, 0.717) is 4.13 Å². The second-order valence-electron chi connectivity index (χ2n) is 3.03. The first-order chi connectivity index (χ1) is 7.96. The van der Waals surface area contributed by atoms with Crippen molar-refractivity contribution >= 4 is 20.0 Å². The molecule has 0 saturated carbocycles. The third-order valence-corrected chi connectivity index (χ3v) is 4.93. The first-order valence-corrected chi connectivity index (χ1v) is 7.06. The third-order valence-electron chi connectivity index (χ3n) is 1.67. The van der Waals surface area contributed by atoms with Crippen LogP contribution in [-0.2, 0) is 20.0 Å². The van der Waals surface area contributed by atoms with Crippen molar-refractivity contribution in [3.05, 3.63) is 24.3 Å². The fourth-order valence-corrected chi connectivity index (χ4v) is 3.28. The fourth-order valence-electron chi connectivity index (χ4n) is 0.865. The molecular formula is C7H6F3NO5S2. The summed E-state index contributed by atoms with van der Waals surface area (Å²) in [5, 5.41) is 8.87. The lowest BCUT2D eigenvalue weighted by molar-refractivity contribution is -0.0441. The Morgan fingerprint density at radius 1 is 1.00 bits per heavy atom. The molecule has 102 valence electrons. The molecule has 0 aliphatic heterocycles. The minimum Gasteiger partial charge on any atom is -0.508 e. The van der Waals surface area contributed by atoms with Gasteiger partial charge in [0, 0.05) is 0 Å². The summed E-state index contributed by atoms with van der Waals surface area (Å²) in [6.07, 6.45) is 0. The summed E-state index contributed by atoms with van der Waals surface area (Å²) in [5.74, 6) is -0.326. The summed E-state index contributed by atoms with van der Waals surface area (Å²) in [7, 11) is -10.9. The molecule has 18 heavy (non-hydrogen) atoms. The van der Waals surface area contributed by atoms with Gasteiger partial charge in [-0.15, -0.1) is 0 Å². The van der Waals surface area contributed by atoms with Crippen molar-refractivity contribution in [2.45, 2.75) is 10.4 Å². The van der Waals surface area contributed by atoms with Gasteiger partial charge in [0.05, 0.1) is 4.90 Å². The van der Waals surface area contributed by atoms with Gasteiger partial charge < -0.3 is 5.11 Å². The minimum atomic E-state index is -6.01. The van der Waals surface area contributed by atoms with Gasteiger partial charge in [0.1, 0.15) is 5.75 Å². The molecular weight excluding hydrogens is 299 g/mol. The van der Waals surface area contributed by atoms with Gasteiger partial charge in [0.15, 0.2) is 0 Å². The van der Waals surface area contributed by atoms with E-state index in [0.717, 1.165) is 24.3 Å². The van der Waals surface area contributed by atoms with Crippen LogP contribution in [-0.4, -0.2) is 27.5 Å². The van der Waals surface area contributed by atoms with Gasteiger partial charge in [0.25, 0.3) is 10.0 Å². The van der Waals surface area contributed by atoms with E-state index in [9.17, 15) is 30.0 Å². The van der Waals surface area contributed by atoms with Crippen molar-refractivity contribution in [2.24, 2.45) is 0 Å². The normalized spacial score (nSPS) is 13.5. The first-order valence-electron chi connectivity index (χ1n) is 4.10. The van der Waals surface area contributed by atoms with E-state index in [1.807, 2.05) is 0 Å². The molecule has 0 fully saturated rings. The van der Waals surface area contributed by atoms with Crippen LogP contribution in [0.5, 0.6) is 5.75 Å². The van der Waals surface area contributed by atoms with Crippen molar-refractivity contribution in [1.29, 1.82) is 0 Å². The zero-order valence-corrected chi connectivity index (χ0v) is 9.97. The first kappa shape index (κ1) is 14.7. The Morgan fingerprint density at radius 3 is 1.83 bits per heavy atom. The van der Waals surface area contributed by atoms with E-state index >= 15 is 0 Å². The maximum atomic E-state index is 12.0. The van der Waals surface area contributed by atoms with Crippen LogP contribution in [0.1, 0.15) is 0 Å². The predicted molar refractivity (Wildman–Crippen MR) is 53.4 cm³/mol. The molecule has 0 saturated heterocycles. The maximum Gasteiger partial charge on any atom is 0.512 e. The average molecular weight is 305 g/mol. The average Bonchev–Trinajstić information content (AvgIpc) is 2.14. The molecule has 0 spiro atoms. The van der Waals surface area contributed by atoms with E-state index in [1.165, 1.54) is 0 Å². The number of aromatic hydroxyl groups is 1. The number of sulfonamides is 2. The van der Waals surface area contributed by atoms with Crippen LogP contribution in [0.4, 0.5) is 13.2 Å². The van der Waals surface area contributed by atoms with E-state index in [-0.39, 0.29) is 5.75 Å². The molecule has 1 aromatic carbocycles. The maximum absolute atomic E-state index is 12.0. The molecule has 6 nitrogen and oxygen atoms in total. The smallest absolute Gasteiger partial charge is 0.508 e. The highest BCUT2D eigenvalue weighted by Crippen LogP contribution is 2.24. The van der Waals surface area contributed by atoms with Crippen molar-refractivity contribution in [3.63, 3.8) is 0 Å². The number of hydrogen-bond donors (Lipinski definition) is 2. The Kier molecular flexibility index (Phi) is 3.60. The summed E-state index contributed by atoms with van der Waals surface area (Å²) in [4.78, 5) is -0.729. The van der Waals surface area contributed by atoms with E-state index in [2.05, 4.69) is 0 Å². The van der Waals surface area contributed by atoms with Crippen LogP contribution in [0.2, 0.25) is 0 Å². The van der Waals surface area contributed by atoms with Crippen molar-refractivity contribution in [3.8, 4) is 5.75 Å². The predicted octanol–water partition coefficient (Wildman–Crippen LogP) is 0.520. The van der Waals surface area contributed by atoms with Gasteiger partial charge in [-0.05, 0) is 24.3 Å². The number of alkyl halides is 3. The topological polar surface area (TPSA) is 101 Å². The quantitative estimate of drug-likeness (QED) is 0.848. The van der Waals surface area contributed by atoms with E-state index in [4.69, 9.17) is 5.11 Å². The summed E-state index contributed by atoms with van der Waals surface area (Å²) >= 11 is 0. The van der Waals surface area contributed by atoms with Crippen LogP contribution in [0.15, 0.2) is 29.2 Å². The number of phenols is 1. The standard InChI is InChI=1S/C7H6F3NO5S2/c8-7(9,10)18(15,16)11-17(13,14)6-3-1-5(12)2-4-6/h1-4,11-12H. The molecule has 1 rings (SSSR count). The minimum absolute atomic E-state index is 0.326. The zero-order chi connectivity index (χ0) is 14.2. The van der Waals surface area contributed by atoms with Crippen molar-refractivity contribution < 1.29 is 35.1 Å². The van der Waals surface area contributed by atoms with Gasteiger partial charge in [-0.2, -0.15) is 13.2 Å². The van der Waals surface area contributed by atoms with Crippen LogP contribution >= 0.6 is 0 Å². The summed E-state index contributed by atoms with van der Waals surface area (Å²) in [6, 6.07) is 3.27. The molecule has 11 heteroatoms.